The van der Waals surface area contributed by atoms with E-state index in [9.17, 15) is 28.3 Å². The van der Waals surface area contributed by atoms with Gasteiger partial charge in [-0.05, 0) is 54.6 Å². The summed E-state index contributed by atoms with van der Waals surface area (Å²) in [7, 11) is 1.45. The molecule has 0 bridgehead atoms. The van der Waals surface area contributed by atoms with Crippen LogP contribution in [0, 0.1) is 11.6 Å². The van der Waals surface area contributed by atoms with Crippen LogP contribution in [0.25, 0.3) is 10.8 Å². The van der Waals surface area contributed by atoms with Gasteiger partial charge in [0.1, 0.15) is 24.1 Å². The molecule has 0 radical (unpaired) electrons. The number of pyridine rings is 1. The van der Waals surface area contributed by atoms with Crippen LogP contribution in [-0.2, 0) is 16.1 Å². The number of rotatable bonds is 10. The van der Waals surface area contributed by atoms with Gasteiger partial charge >= 0.3 is 18.1 Å². The topological polar surface area (TPSA) is 121 Å². The van der Waals surface area contributed by atoms with Gasteiger partial charge < -0.3 is 20.1 Å². The van der Waals surface area contributed by atoms with E-state index in [4.69, 9.17) is 16.3 Å². The number of thiol groups is 1. The molecule has 0 aliphatic heterocycles. The molecule has 1 heterocycles. The van der Waals surface area contributed by atoms with Gasteiger partial charge in [0.25, 0.3) is 0 Å². The van der Waals surface area contributed by atoms with E-state index in [1.54, 1.807) is 19.1 Å². The number of nitrogens with one attached hydrogen (secondary N) is 2. The van der Waals surface area contributed by atoms with E-state index in [1.807, 2.05) is 0 Å². The first-order valence-corrected chi connectivity index (χ1v) is 12.6. The maximum atomic E-state index is 13.7. The van der Waals surface area contributed by atoms with E-state index in [2.05, 4.69) is 28.2 Å². The molecular weight excluding hydrogens is 554 g/mol. The number of nitrogens with zero attached hydrogens (tertiary/aromatic N) is 2. The van der Waals surface area contributed by atoms with Crippen molar-refractivity contribution >= 4 is 58.9 Å². The third-order valence-corrected chi connectivity index (χ3v) is 7.51. The highest BCUT2D eigenvalue weighted by molar-refractivity contribution is 7.81. The summed E-state index contributed by atoms with van der Waals surface area (Å²) in [6.45, 7) is 1.25. The summed E-state index contributed by atoms with van der Waals surface area (Å²) in [5.41, 5.74) is -0.825. The number of benzene rings is 2. The molecule has 0 fully saturated rings. The summed E-state index contributed by atoms with van der Waals surface area (Å²) in [6.07, 6.45) is 0.305. The largest absolute Gasteiger partial charge is 0.481 e. The van der Waals surface area contributed by atoms with Crippen LogP contribution in [0.15, 0.2) is 48.7 Å². The van der Waals surface area contributed by atoms with Gasteiger partial charge in [-0.15, -0.1) is 0 Å². The molecule has 39 heavy (non-hydrogen) atoms. The van der Waals surface area contributed by atoms with Crippen LogP contribution in [0.2, 0.25) is 5.02 Å². The highest BCUT2D eigenvalue weighted by Gasteiger charge is 2.40. The third-order valence-electron chi connectivity index (χ3n) is 6.38. The number of anilines is 1. The summed E-state index contributed by atoms with van der Waals surface area (Å²) in [6, 6.07) is 9.26. The Morgan fingerprint density at radius 1 is 1.21 bits per heavy atom. The van der Waals surface area contributed by atoms with Crippen molar-refractivity contribution in [3.8, 4) is 0 Å². The molecule has 13 heteroatoms. The highest BCUT2D eigenvalue weighted by atomic mass is 35.5. The van der Waals surface area contributed by atoms with E-state index >= 15 is 0 Å². The van der Waals surface area contributed by atoms with Gasteiger partial charge in [0.15, 0.2) is 0 Å². The molecule has 0 aliphatic carbocycles. The number of carbonyl (C=O) groups is 3. The summed E-state index contributed by atoms with van der Waals surface area (Å²) < 4.78 is 32.5. The van der Waals surface area contributed by atoms with Gasteiger partial charge in [-0.25, -0.2) is 23.4 Å². The molecule has 2 atom stereocenters. The van der Waals surface area contributed by atoms with Gasteiger partial charge in [0.2, 0.25) is 0 Å². The fraction of sp³-hybridized carbons (Fsp3) is 0.308. The maximum absolute atomic E-state index is 13.7. The Bertz CT molecular complexity index is 1380. The Labute approximate surface area is 233 Å². The third kappa shape index (κ3) is 7.70. The number of urea groups is 1. The van der Waals surface area contributed by atoms with Crippen LogP contribution < -0.4 is 10.6 Å². The van der Waals surface area contributed by atoms with Crippen LogP contribution >= 0.6 is 24.2 Å². The monoisotopic (exact) mass is 580 g/mol. The van der Waals surface area contributed by atoms with Gasteiger partial charge in [-0.2, -0.15) is 12.6 Å². The maximum Gasteiger partial charge on any atom is 0.412 e. The lowest BCUT2D eigenvalue weighted by Crippen LogP contribution is -2.57. The molecule has 9 nitrogen and oxygen atoms in total. The van der Waals surface area contributed by atoms with Crippen LogP contribution in [0.5, 0.6) is 0 Å². The molecule has 3 rings (SSSR count). The normalized spacial score (nSPS) is 13.3. The average molecular weight is 581 g/mol. The van der Waals surface area contributed by atoms with Crippen molar-refractivity contribution < 1.29 is 33.0 Å². The molecule has 3 aromatic rings. The molecule has 3 amide bonds. The van der Waals surface area contributed by atoms with Gasteiger partial charge in [0.05, 0.1) is 15.8 Å². The number of ether oxygens (including phenoxy) is 1. The number of aromatic nitrogens is 1. The van der Waals surface area contributed by atoms with E-state index in [0.29, 0.717) is 16.3 Å². The van der Waals surface area contributed by atoms with Crippen LogP contribution in [0.3, 0.4) is 0 Å². The Morgan fingerprint density at radius 2 is 1.95 bits per heavy atom. The zero-order valence-corrected chi connectivity index (χ0v) is 22.7. The minimum absolute atomic E-state index is 0.0100. The van der Waals surface area contributed by atoms with Crippen molar-refractivity contribution in [3.05, 3.63) is 70.9 Å². The smallest absolute Gasteiger partial charge is 0.412 e. The van der Waals surface area contributed by atoms with Gasteiger partial charge in [-0.3, -0.25) is 10.1 Å². The molecule has 1 unspecified atom stereocenters. The minimum atomic E-state index is -1.18. The van der Waals surface area contributed by atoms with E-state index < -0.39 is 40.5 Å². The van der Waals surface area contributed by atoms with E-state index in [0.717, 1.165) is 0 Å². The first-order chi connectivity index (χ1) is 18.4. The highest BCUT2D eigenvalue weighted by Crippen LogP contribution is 2.29. The van der Waals surface area contributed by atoms with Crippen molar-refractivity contribution in [2.45, 2.75) is 37.1 Å². The predicted molar refractivity (Wildman–Crippen MR) is 146 cm³/mol. The quantitative estimate of drug-likeness (QED) is 0.236. The number of aliphatic carboxylic acids is 1. The standard InChI is InChI=1S/C26H27ClF2N4O5S/c1-26(9-8-22(34)35,33(2)24(36)31-13-16-4-3-5-19(29)23(16)27)20(39)14-38-25(37)32-21-11-17-10-18(28)7-6-15(17)12-30-21/h3-7,10-12,20,39H,8-9,13-14H2,1-2H3,(H,31,36)(H,34,35)(H,30,32,37)/t20?,26-/m1/s1. The SMILES string of the molecule is CN(C(=O)NCc1cccc(F)c1Cl)[C@](C)(CCC(=O)O)C(S)COC(=O)Nc1cc2cc(F)ccc2cn1. The van der Waals surface area contributed by atoms with E-state index in [-0.39, 0.29) is 36.8 Å². The molecule has 0 saturated heterocycles. The summed E-state index contributed by atoms with van der Waals surface area (Å²) >= 11 is 10.5. The lowest BCUT2D eigenvalue weighted by atomic mass is 9.90. The molecule has 0 spiro atoms. The number of carboxylic acid groups (broad SMARTS) is 1. The van der Waals surface area contributed by atoms with Crippen LogP contribution in [0.4, 0.5) is 24.2 Å². The Hall–Kier alpha value is -3.64. The molecule has 1 aromatic heterocycles. The number of halogens is 3. The van der Waals surface area contributed by atoms with E-state index in [1.165, 1.54) is 48.5 Å². The number of fused-ring (bicyclic) bond motifs is 1. The number of hydrogen-bond donors (Lipinski definition) is 4. The Balaban J connectivity index is 1.65. The van der Waals surface area contributed by atoms with Gasteiger partial charge in [-0.1, -0.05) is 23.7 Å². The number of hydrogen-bond acceptors (Lipinski definition) is 6. The summed E-state index contributed by atoms with van der Waals surface area (Å²) in [5, 5.41) is 14.6. The lowest BCUT2D eigenvalue weighted by molar-refractivity contribution is -0.137. The summed E-state index contributed by atoms with van der Waals surface area (Å²) in [4.78, 5) is 42.1. The second kappa shape index (κ2) is 12.9. The first-order valence-electron chi connectivity index (χ1n) is 11.7. The lowest BCUT2D eigenvalue weighted by Gasteiger charge is -2.42. The molecule has 3 N–H and O–H groups in total. The summed E-state index contributed by atoms with van der Waals surface area (Å²) in [5.74, 6) is -2.01. The first kappa shape index (κ1) is 29.9. The molecule has 208 valence electrons. The van der Waals surface area contributed by atoms with Crippen molar-refractivity contribution in [1.82, 2.24) is 15.2 Å². The van der Waals surface area contributed by atoms with Crippen molar-refractivity contribution in [2.75, 3.05) is 19.0 Å². The molecular formula is C26H27ClF2N4O5S. The van der Waals surface area contributed by atoms with Crippen molar-refractivity contribution in [2.24, 2.45) is 0 Å². The minimum Gasteiger partial charge on any atom is -0.481 e. The van der Waals surface area contributed by atoms with Crippen LogP contribution in [0.1, 0.15) is 25.3 Å². The number of carboxylic acids is 1. The predicted octanol–water partition coefficient (Wildman–Crippen LogP) is 5.48. The number of amides is 3. The van der Waals surface area contributed by atoms with Gasteiger partial charge in [0, 0.05) is 31.6 Å². The Morgan fingerprint density at radius 3 is 2.67 bits per heavy atom. The van der Waals surface area contributed by atoms with Crippen molar-refractivity contribution in [3.63, 3.8) is 0 Å². The second-order valence-electron chi connectivity index (χ2n) is 8.98. The molecule has 2 aromatic carbocycles. The zero-order valence-electron chi connectivity index (χ0n) is 21.1. The van der Waals surface area contributed by atoms with Crippen LogP contribution in [-0.4, -0.2) is 57.5 Å². The van der Waals surface area contributed by atoms with Crippen molar-refractivity contribution in [1.29, 1.82) is 0 Å². The second-order valence-corrected chi connectivity index (χ2v) is 9.98. The zero-order chi connectivity index (χ0) is 28.7. The molecule has 0 saturated carbocycles. The Kier molecular flexibility index (Phi) is 9.92. The fourth-order valence-corrected chi connectivity index (χ4v) is 4.35. The number of carbonyl (C=O) groups excluding carboxylic acids is 2. The molecule has 0 aliphatic rings. The average Bonchev–Trinajstić information content (AvgIpc) is 2.90. The fourth-order valence-electron chi connectivity index (χ4n) is 3.78.